The molecule has 2 aliphatic heterocycles. The van der Waals surface area contributed by atoms with Gasteiger partial charge in [0.2, 0.25) is 0 Å². The standard InChI is InChI=1S/C21H27N3O3/c1-15-13-19(25)17-6-4-7-18(20(17)22-15)21(26)24-8-3-2-5-16(24)14-23-9-11-27-12-10-23/h4,6-7,13,16H,2-3,5,8-12,14H2,1H3,(H,22,25). The minimum Gasteiger partial charge on any atom is -0.379 e. The Balaban J connectivity index is 1.64. The summed E-state index contributed by atoms with van der Waals surface area (Å²) in [5, 5.41) is 0.577. The average Bonchev–Trinajstić information content (AvgIpc) is 2.68. The molecule has 1 amide bonds. The smallest absolute Gasteiger partial charge is 0.256 e. The largest absolute Gasteiger partial charge is 0.379 e. The number of carbonyl (C=O) groups is 1. The normalized spacial score (nSPS) is 21.5. The monoisotopic (exact) mass is 369 g/mol. The fourth-order valence-corrected chi connectivity index (χ4v) is 4.27. The number of likely N-dealkylation sites (tertiary alicyclic amines) is 1. The Morgan fingerprint density at radius 1 is 1.22 bits per heavy atom. The minimum absolute atomic E-state index is 0.0276. The zero-order valence-corrected chi connectivity index (χ0v) is 15.9. The maximum atomic E-state index is 13.4. The maximum Gasteiger partial charge on any atom is 0.256 e. The van der Waals surface area contributed by atoms with Gasteiger partial charge in [-0.15, -0.1) is 0 Å². The fraction of sp³-hybridized carbons (Fsp3) is 0.524. The summed E-state index contributed by atoms with van der Waals surface area (Å²) in [7, 11) is 0. The predicted molar refractivity (Wildman–Crippen MR) is 105 cm³/mol. The molecular weight excluding hydrogens is 342 g/mol. The summed E-state index contributed by atoms with van der Waals surface area (Å²) < 4.78 is 5.45. The van der Waals surface area contributed by atoms with Crippen LogP contribution in [0.2, 0.25) is 0 Å². The van der Waals surface area contributed by atoms with E-state index in [9.17, 15) is 9.59 Å². The van der Waals surface area contributed by atoms with Crippen molar-refractivity contribution < 1.29 is 9.53 Å². The first-order valence-corrected chi connectivity index (χ1v) is 9.87. The van der Waals surface area contributed by atoms with Crippen molar-refractivity contribution in [2.75, 3.05) is 39.4 Å². The van der Waals surface area contributed by atoms with Crippen LogP contribution in [-0.4, -0.2) is 66.1 Å². The van der Waals surface area contributed by atoms with E-state index >= 15 is 0 Å². The van der Waals surface area contributed by atoms with E-state index in [1.54, 1.807) is 18.2 Å². The summed E-state index contributed by atoms with van der Waals surface area (Å²) in [6, 6.07) is 7.22. The molecule has 1 aromatic heterocycles. The number of rotatable bonds is 3. The summed E-state index contributed by atoms with van der Waals surface area (Å²) in [6.45, 7) is 6.92. The van der Waals surface area contributed by atoms with Gasteiger partial charge in [0.15, 0.2) is 5.43 Å². The Morgan fingerprint density at radius 2 is 2.04 bits per heavy atom. The van der Waals surface area contributed by atoms with Gasteiger partial charge < -0.3 is 14.6 Å². The summed E-state index contributed by atoms with van der Waals surface area (Å²) >= 11 is 0. The highest BCUT2D eigenvalue weighted by Crippen LogP contribution is 2.23. The summed E-state index contributed by atoms with van der Waals surface area (Å²) in [6.07, 6.45) is 3.22. The number of fused-ring (bicyclic) bond motifs is 1. The highest BCUT2D eigenvalue weighted by molar-refractivity contribution is 6.05. The zero-order chi connectivity index (χ0) is 18.8. The molecule has 3 heterocycles. The second-order valence-electron chi connectivity index (χ2n) is 7.61. The van der Waals surface area contributed by atoms with Crippen LogP contribution in [0.1, 0.15) is 35.3 Å². The van der Waals surface area contributed by atoms with E-state index in [2.05, 4.69) is 9.88 Å². The van der Waals surface area contributed by atoms with Crippen molar-refractivity contribution in [3.05, 3.63) is 45.7 Å². The van der Waals surface area contributed by atoms with E-state index < -0.39 is 0 Å². The van der Waals surface area contributed by atoms with E-state index in [-0.39, 0.29) is 17.4 Å². The number of morpholine rings is 1. The van der Waals surface area contributed by atoms with E-state index in [0.29, 0.717) is 16.5 Å². The maximum absolute atomic E-state index is 13.4. The number of carbonyl (C=O) groups excluding carboxylic acids is 1. The topological polar surface area (TPSA) is 65.6 Å². The number of aromatic nitrogens is 1. The van der Waals surface area contributed by atoms with Crippen molar-refractivity contribution in [1.29, 1.82) is 0 Å². The lowest BCUT2D eigenvalue weighted by molar-refractivity contribution is 0.0166. The molecule has 2 saturated heterocycles. The number of ether oxygens (including phenoxy) is 1. The Labute approximate surface area is 159 Å². The van der Waals surface area contributed by atoms with Crippen molar-refractivity contribution in [1.82, 2.24) is 14.8 Å². The Bertz CT molecular complexity index is 886. The number of aromatic amines is 1. The molecular formula is C21H27N3O3. The molecule has 2 fully saturated rings. The molecule has 0 bridgehead atoms. The van der Waals surface area contributed by atoms with Crippen molar-refractivity contribution in [2.24, 2.45) is 0 Å². The molecule has 2 aromatic rings. The molecule has 1 atom stereocenters. The van der Waals surface area contributed by atoms with Crippen molar-refractivity contribution in [3.8, 4) is 0 Å². The SMILES string of the molecule is Cc1cc(=O)c2cccc(C(=O)N3CCCCC3CN3CCOCC3)c2[nH]1. The van der Waals surface area contributed by atoms with Gasteiger partial charge in [-0.25, -0.2) is 0 Å². The first-order valence-electron chi connectivity index (χ1n) is 9.87. The second-order valence-corrected chi connectivity index (χ2v) is 7.61. The van der Waals surface area contributed by atoms with Gasteiger partial charge in [-0.2, -0.15) is 0 Å². The van der Waals surface area contributed by atoms with Crippen LogP contribution in [0.15, 0.2) is 29.1 Å². The van der Waals surface area contributed by atoms with E-state index in [0.717, 1.165) is 64.3 Å². The first kappa shape index (κ1) is 18.2. The third-order valence-electron chi connectivity index (χ3n) is 5.69. The summed E-state index contributed by atoms with van der Waals surface area (Å²) in [4.78, 5) is 33.4. The van der Waals surface area contributed by atoms with Gasteiger partial charge in [0.05, 0.1) is 24.3 Å². The fourth-order valence-electron chi connectivity index (χ4n) is 4.27. The Morgan fingerprint density at radius 3 is 2.85 bits per heavy atom. The van der Waals surface area contributed by atoms with Gasteiger partial charge in [0, 0.05) is 49.4 Å². The Kier molecular flexibility index (Phi) is 5.27. The minimum atomic E-state index is -0.0422. The molecule has 1 aromatic carbocycles. The molecule has 6 heteroatoms. The molecule has 27 heavy (non-hydrogen) atoms. The number of aryl methyl sites for hydroxylation is 1. The van der Waals surface area contributed by atoms with Crippen molar-refractivity contribution >= 4 is 16.8 Å². The molecule has 0 aliphatic carbocycles. The van der Waals surface area contributed by atoms with E-state index in [4.69, 9.17) is 4.74 Å². The van der Waals surface area contributed by atoms with Crippen molar-refractivity contribution in [2.45, 2.75) is 32.2 Å². The number of piperidine rings is 1. The first-order chi connectivity index (χ1) is 13.1. The van der Waals surface area contributed by atoms with Crippen LogP contribution in [0.4, 0.5) is 0 Å². The third kappa shape index (κ3) is 3.77. The number of H-pyrrole nitrogens is 1. The van der Waals surface area contributed by atoms with Crippen LogP contribution >= 0.6 is 0 Å². The Hall–Kier alpha value is -2.18. The van der Waals surface area contributed by atoms with Gasteiger partial charge in [-0.3, -0.25) is 14.5 Å². The van der Waals surface area contributed by atoms with Crippen LogP contribution in [-0.2, 0) is 4.74 Å². The lowest BCUT2D eigenvalue weighted by Gasteiger charge is -2.39. The number of hydrogen-bond donors (Lipinski definition) is 1. The average molecular weight is 369 g/mol. The van der Waals surface area contributed by atoms with E-state index in [1.807, 2.05) is 17.9 Å². The number of pyridine rings is 1. The number of nitrogens with one attached hydrogen (secondary N) is 1. The molecule has 1 unspecified atom stereocenters. The van der Waals surface area contributed by atoms with Crippen LogP contribution in [0.25, 0.3) is 10.9 Å². The van der Waals surface area contributed by atoms with Gasteiger partial charge in [-0.1, -0.05) is 6.07 Å². The molecule has 0 radical (unpaired) electrons. The van der Waals surface area contributed by atoms with E-state index in [1.165, 1.54) is 0 Å². The molecule has 6 nitrogen and oxygen atoms in total. The summed E-state index contributed by atoms with van der Waals surface area (Å²) in [5.41, 5.74) is 1.99. The number of hydrogen-bond acceptors (Lipinski definition) is 4. The number of para-hydroxylation sites is 1. The second kappa shape index (κ2) is 7.82. The highest BCUT2D eigenvalue weighted by atomic mass is 16.5. The number of amides is 1. The van der Waals surface area contributed by atoms with Crippen LogP contribution in [0.3, 0.4) is 0 Å². The van der Waals surface area contributed by atoms with Gasteiger partial charge >= 0.3 is 0 Å². The third-order valence-corrected chi connectivity index (χ3v) is 5.69. The number of nitrogens with zero attached hydrogens (tertiary/aromatic N) is 2. The highest BCUT2D eigenvalue weighted by Gasteiger charge is 2.30. The lowest BCUT2D eigenvalue weighted by atomic mass is 9.99. The zero-order valence-electron chi connectivity index (χ0n) is 15.9. The van der Waals surface area contributed by atoms with Gasteiger partial charge in [0.1, 0.15) is 0 Å². The van der Waals surface area contributed by atoms with Gasteiger partial charge in [0.25, 0.3) is 5.91 Å². The molecule has 2 aliphatic rings. The van der Waals surface area contributed by atoms with Crippen molar-refractivity contribution in [3.63, 3.8) is 0 Å². The van der Waals surface area contributed by atoms with Gasteiger partial charge in [-0.05, 0) is 38.3 Å². The predicted octanol–water partition coefficient (Wildman–Crippen LogP) is 2.16. The molecule has 0 saturated carbocycles. The number of benzene rings is 1. The molecule has 0 spiro atoms. The molecule has 1 N–H and O–H groups in total. The van der Waals surface area contributed by atoms with Crippen LogP contribution < -0.4 is 5.43 Å². The van der Waals surface area contributed by atoms with Crippen LogP contribution in [0.5, 0.6) is 0 Å². The molecule has 144 valence electrons. The lowest BCUT2D eigenvalue weighted by Crippen LogP contribution is -2.51. The summed E-state index contributed by atoms with van der Waals surface area (Å²) in [5.74, 6) is 0.0276. The molecule has 4 rings (SSSR count). The quantitative estimate of drug-likeness (QED) is 0.900. The van der Waals surface area contributed by atoms with Crippen LogP contribution in [0, 0.1) is 6.92 Å².